The molecule has 2 N–H and O–H groups in total. The van der Waals surface area contributed by atoms with E-state index in [-0.39, 0.29) is 11.8 Å². The molecule has 1 aliphatic carbocycles. The van der Waals surface area contributed by atoms with Gasteiger partial charge in [-0.05, 0) is 103 Å². The van der Waals surface area contributed by atoms with Crippen LogP contribution in [0.5, 0.6) is 0 Å². The van der Waals surface area contributed by atoms with Crippen LogP contribution in [0.3, 0.4) is 0 Å². The van der Waals surface area contributed by atoms with E-state index in [1.54, 1.807) is 0 Å². The van der Waals surface area contributed by atoms with Crippen molar-refractivity contribution in [1.82, 2.24) is 0 Å². The molecule has 0 radical (unpaired) electrons. The third-order valence-corrected chi connectivity index (χ3v) is 13.6. The second kappa shape index (κ2) is 17.5. The molecule has 318 valence electrons. The zero-order valence-corrected chi connectivity index (χ0v) is 37.1. The lowest BCUT2D eigenvalue weighted by Gasteiger charge is -2.22. The van der Waals surface area contributed by atoms with Gasteiger partial charge in [-0.1, -0.05) is 226 Å². The quantitative estimate of drug-likeness (QED) is 0.0756. The van der Waals surface area contributed by atoms with Crippen LogP contribution in [0.25, 0.3) is 66.4 Å². The Kier molecular flexibility index (Phi) is 10.8. The lowest BCUT2D eigenvalue weighted by atomic mass is 9.86. The van der Waals surface area contributed by atoms with Crippen LogP contribution in [0.1, 0.15) is 64.6 Å². The number of hydrogen-bond donors (Lipinski definition) is 1. The third kappa shape index (κ3) is 7.63. The van der Waals surface area contributed by atoms with Gasteiger partial charge in [-0.15, -0.1) is 0 Å². The number of amidine groups is 1. The number of nitrogens with zero attached hydrogens (tertiary/aromatic N) is 1. The molecule has 11 rings (SSSR count). The molecule has 0 aliphatic heterocycles. The summed E-state index contributed by atoms with van der Waals surface area (Å²) in [6.45, 7) is 7.07. The zero-order valence-electron chi connectivity index (χ0n) is 37.1. The predicted molar refractivity (Wildman–Crippen MR) is 276 cm³/mol. The van der Waals surface area contributed by atoms with E-state index >= 15 is 0 Å². The molecule has 0 spiro atoms. The summed E-state index contributed by atoms with van der Waals surface area (Å²) in [5.74, 6) is 0.837. The van der Waals surface area contributed by atoms with Crippen molar-refractivity contribution in [2.45, 2.75) is 37.6 Å². The van der Waals surface area contributed by atoms with Gasteiger partial charge in [-0.3, -0.25) is 4.99 Å². The summed E-state index contributed by atoms with van der Waals surface area (Å²) in [6.07, 6.45) is 1.53. The summed E-state index contributed by atoms with van der Waals surface area (Å²) < 4.78 is 6.97. The minimum atomic E-state index is -0.428. The van der Waals surface area contributed by atoms with Gasteiger partial charge in [-0.25, -0.2) is 0 Å². The Morgan fingerprint density at radius 2 is 1.12 bits per heavy atom. The molecule has 0 saturated heterocycles. The molecule has 0 fully saturated rings. The molecule has 1 heterocycles. The SMILES string of the molecule is C=C(CC(C)c1ccc(-c2ccccc2)cc1)C(/N=C(\N)c1ccc(-c2ccccc2)cc1)c1cccc2oc3c(CC4c5ccccc5-c5c(-c6ccccc6)cccc54)cccc3c12. The molecule has 0 saturated carbocycles. The van der Waals surface area contributed by atoms with Crippen LogP contribution in [0.15, 0.2) is 240 Å². The number of furan rings is 1. The van der Waals surface area contributed by atoms with Crippen molar-refractivity contribution in [1.29, 1.82) is 0 Å². The maximum atomic E-state index is 7.03. The summed E-state index contributed by atoms with van der Waals surface area (Å²) in [5.41, 5.74) is 26.7. The van der Waals surface area contributed by atoms with E-state index in [1.807, 2.05) is 6.07 Å². The van der Waals surface area contributed by atoms with Crippen molar-refractivity contribution < 1.29 is 4.42 Å². The average Bonchev–Trinajstić information content (AvgIpc) is 3.93. The maximum absolute atomic E-state index is 7.03. The monoisotopic (exact) mass is 850 g/mol. The normalized spacial score (nSPS) is 14.2. The smallest absolute Gasteiger partial charge is 0.138 e. The van der Waals surface area contributed by atoms with E-state index in [2.05, 4.69) is 219 Å². The van der Waals surface area contributed by atoms with Gasteiger partial charge in [0.2, 0.25) is 0 Å². The maximum Gasteiger partial charge on any atom is 0.138 e. The first kappa shape index (κ1) is 40.7. The molecule has 3 unspecified atom stereocenters. The van der Waals surface area contributed by atoms with Crippen LogP contribution in [0, 0.1) is 0 Å². The number of fused-ring (bicyclic) bond motifs is 6. The Balaban J connectivity index is 0.978. The second-order valence-corrected chi connectivity index (χ2v) is 17.7. The summed E-state index contributed by atoms with van der Waals surface area (Å²) in [5, 5.41) is 2.13. The number of hydrogen-bond acceptors (Lipinski definition) is 2. The molecular weight excluding hydrogens is 801 g/mol. The Morgan fingerprint density at radius 1 is 0.561 bits per heavy atom. The number of aliphatic imine (C=N–C) groups is 1. The van der Waals surface area contributed by atoms with E-state index < -0.39 is 6.04 Å². The first-order chi connectivity index (χ1) is 32.5. The molecule has 9 aromatic carbocycles. The number of benzene rings is 9. The van der Waals surface area contributed by atoms with Crippen molar-refractivity contribution in [3.05, 3.63) is 264 Å². The van der Waals surface area contributed by atoms with Gasteiger partial charge in [-0.2, -0.15) is 0 Å². The molecule has 3 atom stereocenters. The first-order valence-electron chi connectivity index (χ1n) is 23.0. The molecule has 66 heavy (non-hydrogen) atoms. The lowest BCUT2D eigenvalue weighted by Crippen LogP contribution is -2.16. The van der Waals surface area contributed by atoms with Crippen LogP contribution in [0.4, 0.5) is 0 Å². The molecule has 3 nitrogen and oxygen atoms in total. The number of para-hydroxylation sites is 1. The molecule has 0 amide bonds. The third-order valence-electron chi connectivity index (χ3n) is 13.6. The highest BCUT2D eigenvalue weighted by molar-refractivity contribution is 6.08. The molecule has 1 aromatic heterocycles. The van der Waals surface area contributed by atoms with E-state index in [9.17, 15) is 0 Å². The van der Waals surface area contributed by atoms with Crippen molar-refractivity contribution in [2.75, 3.05) is 0 Å². The Morgan fingerprint density at radius 3 is 1.82 bits per heavy atom. The molecule has 10 aromatic rings. The van der Waals surface area contributed by atoms with E-state index in [1.165, 1.54) is 55.6 Å². The van der Waals surface area contributed by atoms with E-state index in [0.29, 0.717) is 5.84 Å². The molecular formula is C63H50N2O. The van der Waals surface area contributed by atoms with E-state index in [4.69, 9.17) is 21.7 Å². The van der Waals surface area contributed by atoms with Crippen molar-refractivity contribution in [2.24, 2.45) is 10.7 Å². The fourth-order valence-electron chi connectivity index (χ4n) is 10.3. The highest BCUT2D eigenvalue weighted by Gasteiger charge is 2.32. The topological polar surface area (TPSA) is 51.5 Å². The second-order valence-electron chi connectivity index (χ2n) is 17.7. The Bertz CT molecular complexity index is 3380. The Labute approximate surface area is 387 Å². The molecule has 1 aliphatic rings. The average molecular weight is 851 g/mol. The summed E-state index contributed by atoms with van der Waals surface area (Å²) >= 11 is 0. The van der Waals surface area contributed by atoms with Crippen molar-refractivity contribution in [3.8, 4) is 44.5 Å². The van der Waals surface area contributed by atoms with Gasteiger partial charge >= 0.3 is 0 Å². The lowest BCUT2D eigenvalue weighted by molar-refractivity contribution is 0.657. The van der Waals surface area contributed by atoms with Gasteiger partial charge in [0, 0.05) is 22.3 Å². The minimum Gasteiger partial charge on any atom is -0.456 e. The number of rotatable bonds is 12. The summed E-state index contributed by atoms with van der Waals surface area (Å²) in [7, 11) is 0. The largest absolute Gasteiger partial charge is 0.456 e. The van der Waals surface area contributed by atoms with Crippen LogP contribution in [-0.4, -0.2) is 5.84 Å². The fraction of sp³-hybridized carbons (Fsp3) is 0.0952. The number of nitrogens with two attached hydrogens (primary N) is 1. The zero-order chi connectivity index (χ0) is 44.6. The van der Waals surface area contributed by atoms with E-state index in [0.717, 1.165) is 62.6 Å². The van der Waals surface area contributed by atoms with Crippen LogP contribution in [-0.2, 0) is 6.42 Å². The van der Waals surface area contributed by atoms with Gasteiger partial charge in [0.05, 0.1) is 6.04 Å². The fourth-order valence-corrected chi connectivity index (χ4v) is 10.3. The molecule has 0 bridgehead atoms. The van der Waals surface area contributed by atoms with Crippen LogP contribution >= 0.6 is 0 Å². The summed E-state index contributed by atoms with van der Waals surface area (Å²) in [6, 6.07) is 77.2. The van der Waals surface area contributed by atoms with Crippen LogP contribution < -0.4 is 5.73 Å². The van der Waals surface area contributed by atoms with Gasteiger partial charge in [0.1, 0.15) is 17.0 Å². The van der Waals surface area contributed by atoms with Gasteiger partial charge < -0.3 is 10.2 Å². The van der Waals surface area contributed by atoms with Crippen LogP contribution in [0.2, 0.25) is 0 Å². The highest BCUT2D eigenvalue weighted by atomic mass is 16.3. The summed E-state index contributed by atoms with van der Waals surface area (Å²) in [4.78, 5) is 5.40. The Hall–Kier alpha value is -8.01. The van der Waals surface area contributed by atoms with Crippen molar-refractivity contribution in [3.63, 3.8) is 0 Å². The first-order valence-corrected chi connectivity index (χ1v) is 23.0. The molecule has 3 heteroatoms. The minimum absolute atomic E-state index is 0.173. The standard InChI is InChI=1S/C63H50N2O/c1-41(43-31-33-46(34-32-43)44-17-6-3-7-18-44)39-42(2)61(65-63(64)49-37-35-47(36-38-49)45-19-8-4-9-20-45)55-28-16-30-58-60(55)56-29-14-23-50(62(56)66-58)40-57-52-24-12-13-25-53(52)59-51(26-15-27-54(57)59)48-21-10-5-11-22-48/h3-38,41,57,61H,2,39-40H2,1H3,(H2,64,65). The van der Waals surface area contributed by atoms with Gasteiger partial charge in [0.15, 0.2) is 0 Å². The predicted octanol–water partition coefficient (Wildman–Crippen LogP) is 16.1. The van der Waals surface area contributed by atoms with Crippen molar-refractivity contribution >= 4 is 27.8 Å². The van der Waals surface area contributed by atoms with Gasteiger partial charge in [0.25, 0.3) is 0 Å². The highest BCUT2D eigenvalue weighted by Crippen LogP contribution is 2.51.